The van der Waals surface area contributed by atoms with E-state index in [0.717, 1.165) is 17.0 Å². The molecule has 2 heteroatoms. The van der Waals surface area contributed by atoms with Crippen molar-refractivity contribution in [2.45, 2.75) is 6.92 Å². The van der Waals surface area contributed by atoms with E-state index in [9.17, 15) is 0 Å². The molecule has 0 saturated carbocycles. The molecular weight excluding hydrogens is 280 g/mol. The Bertz CT molecular complexity index is 720. The highest BCUT2D eigenvalue weighted by Gasteiger charge is 1.98. The fourth-order valence-electron chi connectivity index (χ4n) is 2.15. The van der Waals surface area contributed by atoms with Gasteiger partial charge in [0.05, 0.1) is 5.70 Å². The van der Waals surface area contributed by atoms with E-state index < -0.39 is 0 Å². The Morgan fingerprint density at radius 1 is 0.957 bits per heavy atom. The van der Waals surface area contributed by atoms with Crippen LogP contribution in [0.1, 0.15) is 6.92 Å². The fraction of sp³-hybridized carbons (Fsp3) is 0.0476. The minimum Gasteiger partial charge on any atom is -0.403 e. The Morgan fingerprint density at radius 2 is 1.61 bits per heavy atom. The van der Waals surface area contributed by atoms with E-state index in [2.05, 4.69) is 36.2 Å². The van der Waals surface area contributed by atoms with Crippen molar-refractivity contribution in [2.75, 3.05) is 5.32 Å². The average molecular weight is 302 g/mol. The van der Waals surface area contributed by atoms with Crippen LogP contribution in [-0.2, 0) is 0 Å². The van der Waals surface area contributed by atoms with Crippen molar-refractivity contribution in [1.29, 1.82) is 0 Å². The van der Waals surface area contributed by atoms with E-state index in [0.29, 0.717) is 0 Å². The van der Waals surface area contributed by atoms with Gasteiger partial charge in [0.1, 0.15) is 0 Å². The molecule has 0 amide bonds. The monoisotopic (exact) mass is 302 g/mol. The van der Waals surface area contributed by atoms with E-state index in [1.165, 1.54) is 11.1 Å². The normalized spacial score (nSPS) is 12.4. The molecule has 0 atom stereocenters. The number of allylic oxidation sites excluding steroid dienone is 5. The highest BCUT2D eigenvalue weighted by Crippen LogP contribution is 2.21. The van der Waals surface area contributed by atoms with Crippen molar-refractivity contribution in [1.82, 2.24) is 0 Å². The van der Waals surface area contributed by atoms with E-state index in [1.54, 1.807) is 12.3 Å². The number of nitrogens with one attached hydrogen (secondary N) is 1. The molecule has 0 aliphatic rings. The fourth-order valence-corrected chi connectivity index (χ4v) is 2.15. The summed E-state index contributed by atoms with van der Waals surface area (Å²) in [7, 11) is 0. The summed E-state index contributed by atoms with van der Waals surface area (Å²) in [6.07, 6.45) is 9.25. The Hall–Kier alpha value is -3.00. The van der Waals surface area contributed by atoms with Crippen LogP contribution in [0.3, 0.4) is 0 Å². The first kappa shape index (κ1) is 16.4. The molecule has 0 fully saturated rings. The van der Waals surface area contributed by atoms with Crippen LogP contribution in [0.2, 0.25) is 0 Å². The van der Waals surface area contributed by atoms with E-state index in [4.69, 9.17) is 5.73 Å². The number of hydrogen-bond donors (Lipinski definition) is 2. The predicted octanol–water partition coefficient (Wildman–Crippen LogP) is 5.25. The molecule has 0 aromatic heterocycles. The van der Waals surface area contributed by atoms with Gasteiger partial charge in [-0.2, -0.15) is 0 Å². The Kier molecular flexibility index (Phi) is 6.01. The summed E-state index contributed by atoms with van der Waals surface area (Å²) in [5, 5.41) is 3.30. The van der Waals surface area contributed by atoms with Crippen LogP contribution < -0.4 is 11.1 Å². The number of benzene rings is 2. The van der Waals surface area contributed by atoms with E-state index in [-0.39, 0.29) is 0 Å². The van der Waals surface area contributed by atoms with Crippen molar-refractivity contribution < 1.29 is 0 Å². The van der Waals surface area contributed by atoms with Crippen LogP contribution in [0.5, 0.6) is 0 Å². The average Bonchev–Trinajstić information content (AvgIpc) is 2.62. The van der Waals surface area contributed by atoms with Crippen molar-refractivity contribution in [3.05, 3.63) is 103 Å². The molecular formula is C21H22N2. The van der Waals surface area contributed by atoms with Gasteiger partial charge >= 0.3 is 0 Å². The molecule has 0 heterocycles. The highest BCUT2D eigenvalue weighted by molar-refractivity contribution is 5.66. The van der Waals surface area contributed by atoms with Gasteiger partial charge in [-0.25, -0.2) is 0 Å². The molecule has 2 aromatic rings. The second-order valence-electron chi connectivity index (χ2n) is 5.02. The molecule has 0 spiro atoms. The van der Waals surface area contributed by atoms with Gasteiger partial charge in [0.25, 0.3) is 0 Å². The summed E-state index contributed by atoms with van der Waals surface area (Å²) >= 11 is 0. The van der Waals surface area contributed by atoms with Crippen molar-refractivity contribution in [2.24, 2.45) is 5.73 Å². The van der Waals surface area contributed by atoms with Gasteiger partial charge in [-0.15, -0.1) is 0 Å². The van der Waals surface area contributed by atoms with Crippen LogP contribution in [0.25, 0.3) is 11.1 Å². The standard InChI is InChI=1S/C21H22N2/c1-3-17(4-2)10-13-21(16-22)23-20-14-11-19(12-15-20)18-8-6-5-7-9-18/h3-16,23H,1,22H2,2H3/b13-10+,17-4+,21-16+. The van der Waals surface area contributed by atoms with Gasteiger partial charge in [0, 0.05) is 11.9 Å². The smallest absolute Gasteiger partial charge is 0.0541 e. The minimum absolute atomic E-state index is 0.832. The molecule has 2 nitrogen and oxygen atoms in total. The van der Waals surface area contributed by atoms with Crippen LogP contribution >= 0.6 is 0 Å². The van der Waals surface area contributed by atoms with Crippen LogP contribution in [0, 0.1) is 0 Å². The molecule has 0 radical (unpaired) electrons. The third-order valence-corrected chi connectivity index (χ3v) is 3.48. The Labute approximate surface area is 138 Å². The third kappa shape index (κ3) is 4.75. The maximum Gasteiger partial charge on any atom is 0.0541 e. The van der Waals surface area contributed by atoms with Gasteiger partial charge in [-0.3, -0.25) is 0 Å². The number of rotatable bonds is 6. The van der Waals surface area contributed by atoms with Crippen LogP contribution in [-0.4, -0.2) is 0 Å². The zero-order chi connectivity index (χ0) is 16.5. The van der Waals surface area contributed by atoms with Crippen LogP contribution in [0.15, 0.2) is 103 Å². The molecule has 0 aliphatic carbocycles. The lowest BCUT2D eigenvalue weighted by Crippen LogP contribution is -1.99. The Morgan fingerprint density at radius 3 is 2.17 bits per heavy atom. The summed E-state index contributed by atoms with van der Waals surface area (Å²) in [5.74, 6) is 0. The minimum atomic E-state index is 0.832. The molecule has 2 aromatic carbocycles. The van der Waals surface area contributed by atoms with E-state index in [1.807, 2.05) is 55.5 Å². The van der Waals surface area contributed by atoms with Crippen molar-refractivity contribution in [3.63, 3.8) is 0 Å². The highest BCUT2D eigenvalue weighted by atomic mass is 14.9. The van der Waals surface area contributed by atoms with Crippen molar-refractivity contribution >= 4 is 5.69 Å². The topological polar surface area (TPSA) is 38.0 Å². The van der Waals surface area contributed by atoms with Gasteiger partial charge in [0.15, 0.2) is 0 Å². The number of nitrogens with two attached hydrogens (primary N) is 1. The summed E-state index contributed by atoms with van der Waals surface area (Å²) in [4.78, 5) is 0. The van der Waals surface area contributed by atoms with Gasteiger partial charge < -0.3 is 11.1 Å². The quantitative estimate of drug-likeness (QED) is 0.715. The first-order valence-corrected chi connectivity index (χ1v) is 7.58. The summed E-state index contributed by atoms with van der Waals surface area (Å²) in [5.41, 5.74) is 11.0. The van der Waals surface area contributed by atoms with Crippen LogP contribution in [0.4, 0.5) is 5.69 Å². The lowest BCUT2D eigenvalue weighted by Gasteiger charge is -2.08. The summed E-state index contributed by atoms with van der Waals surface area (Å²) in [6, 6.07) is 18.6. The van der Waals surface area contributed by atoms with Crippen molar-refractivity contribution in [3.8, 4) is 11.1 Å². The molecule has 0 unspecified atom stereocenters. The Balaban J connectivity index is 2.09. The first-order chi connectivity index (χ1) is 11.3. The second kappa shape index (κ2) is 8.44. The zero-order valence-electron chi connectivity index (χ0n) is 13.4. The molecule has 0 saturated heterocycles. The van der Waals surface area contributed by atoms with E-state index >= 15 is 0 Å². The summed E-state index contributed by atoms with van der Waals surface area (Å²) in [6.45, 7) is 5.74. The zero-order valence-corrected chi connectivity index (χ0v) is 13.4. The molecule has 23 heavy (non-hydrogen) atoms. The predicted molar refractivity (Wildman–Crippen MR) is 101 cm³/mol. The molecule has 3 N–H and O–H groups in total. The molecule has 2 rings (SSSR count). The lowest BCUT2D eigenvalue weighted by molar-refractivity contribution is 1.41. The third-order valence-electron chi connectivity index (χ3n) is 3.48. The lowest BCUT2D eigenvalue weighted by atomic mass is 10.1. The largest absolute Gasteiger partial charge is 0.403 e. The second-order valence-corrected chi connectivity index (χ2v) is 5.02. The maximum atomic E-state index is 5.69. The van der Waals surface area contributed by atoms with Gasteiger partial charge in [-0.1, -0.05) is 67.3 Å². The number of anilines is 1. The number of hydrogen-bond acceptors (Lipinski definition) is 2. The maximum absolute atomic E-state index is 5.69. The van der Waals surface area contributed by atoms with Gasteiger partial charge in [0.2, 0.25) is 0 Å². The molecule has 116 valence electrons. The first-order valence-electron chi connectivity index (χ1n) is 7.58. The molecule has 0 aliphatic heterocycles. The SMILES string of the molecule is C=CC(/C=C/C(=C\N)Nc1ccc(-c2ccccc2)cc1)=C\C. The van der Waals surface area contributed by atoms with Gasteiger partial charge in [-0.05, 0) is 41.8 Å². The summed E-state index contributed by atoms with van der Waals surface area (Å²) < 4.78 is 0. The molecule has 0 bridgehead atoms.